The van der Waals surface area contributed by atoms with Crippen molar-refractivity contribution in [1.82, 2.24) is 9.55 Å². The largest absolute Gasteiger partial charge is 0.329 e. The van der Waals surface area contributed by atoms with Crippen molar-refractivity contribution in [3.8, 4) is 0 Å². The van der Waals surface area contributed by atoms with Crippen molar-refractivity contribution < 1.29 is 0 Å². The Morgan fingerprint density at radius 2 is 1.88 bits per heavy atom. The predicted octanol–water partition coefficient (Wildman–Crippen LogP) is 1.93. The zero-order chi connectivity index (χ0) is 12.5. The van der Waals surface area contributed by atoms with E-state index in [-0.39, 0.29) is 16.1 Å². The van der Waals surface area contributed by atoms with Gasteiger partial charge < -0.3 is 0 Å². The van der Waals surface area contributed by atoms with Gasteiger partial charge in [-0.05, 0) is 18.8 Å². The van der Waals surface area contributed by atoms with Gasteiger partial charge in [0.2, 0.25) is 0 Å². The summed E-state index contributed by atoms with van der Waals surface area (Å²) in [5.41, 5.74) is -0.280. The highest BCUT2D eigenvalue weighted by Gasteiger charge is 2.13. The van der Waals surface area contributed by atoms with Gasteiger partial charge in [-0.3, -0.25) is 14.3 Å². The Morgan fingerprint density at radius 1 is 1.31 bits per heavy atom. The Morgan fingerprint density at radius 3 is 2.38 bits per heavy atom. The number of nitrogens with zero attached hydrogens (tertiary/aromatic N) is 1. The quantitative estimate of drug-likeness (QED) is 0.809. The second kappa shape index (κ2) is 4.45. The lowest BCUT2D eigenvalue weighted by molar-refractivity contribution is 0.343. The first kappa shape index (κ1) is 13.0. The predicted molar refractivity (Wildman–Crippen MR) is 65.1 cm³/mol. The van der Waals surface area contributed by atoms with Gasteiger partial charge in [0, 0.05) is 12.1 Å². The second-order valence-electron chi connectivity index (χ2n) is 5.14. The molecule has 4 nitrogen and oxygen atoms in total. The fraction of sp³-hybridized carbons (Fsp3) is 0.636. The van der Waals surface area contributed by atoms with Gasteiger partial charge in [0.05, 0.1) is 0 Å². The van der Waals surface area contributed by atoms with Crippen LogP contribution in [0.25, 0.3) is 0 Å². The van der Waals surface area contributed by atoms with Crippen molar-refractivity contribution in [1.29, 1.82) is 0 Å². The third-order valence-corrected chi connectivity index (χ3v) is 2.82. The Labute approximate surface area is 99.3 Å². The van der Waals surface area contributed by atoms with Crippen LogP contribution in [0.2, 0.25) is 5.15 Å². The van der Waals surface area contributed by atoms with Gasteiger partial charge in [0.15, 0.2) is 0 Å². The molecule has 0 saturated heterocycles. The topological polar surface area (TPSA) is 54.9 Å². The fourth-order valence-corrected chi connectivity index (χ4v) is 1.46. The first-order valence-corrected chi connectivity index (χ1v) is 5.59. The maximum atomic E-state index is 11.8. The molecule has 0 aliphatic heterocycles. The molecule has 0 unspecified atom stereocenters. The molecule has 0 amide bonds. The zero-order valence-corrected chi connectivity index (χ0v) is 10.8. The summed E-state index contributed by atoms with van der Waals surface area (Å²) in [6, 6.07) is 0. The molecule has 0 bridgehead atoms. The van der Waals surface area contributed by atoms with Gasteiger partial charge in [-0.25, -0.2) is 4.79 Å². The molecule has 1 N–H and O–H groups in total. The van der Waals surface area contributed by atoms with Crippen molar-refractivity contribution in [2.75, 3.05) is 0 Å². The Balaban J connectivity index is 3.12. The van der Waals surface area contributed by atoms with E-state index in [4.69, 9.17) is 11.6 Å². The minimum atomic E-state index is -0.440. The highest BCUT2D eigenvalue weighted by molar-refractivity contribution is 6.30. The molecule has 0 fully saturated rings. The summed E-state index contributed by atoms with van der Waals surface area (Å²) in [5, 5.41) is 0.127. The number of nitrogens with one attached hydrogen (secondary N) is 1. The average Bonchev–Trinajstić information content (AvgIpc) is 2.12. The molecule has 0 aliphatic carbocycles. The maximum absolute atomic E-state index is 11.8. The van der Waals surface area contributed by atoms with E-state index in [9.17, 15) is 9.59 Å². The van der Waals surface area contributed by atoms with E-state index < -0.39 is 5.69 Å². The van der Waals surface area contributed by atoms with Gasteiger partial charge in [-0.15, -0.1) is 0 Å². The molecule has 0 saturated carbocycles. The Hall–Kier alpha value is -1.03. The fourth-order valence-electron chi connectivity index (χ4n) is 1.29. The summed E-state index contributed by atoms with van der Waals surface area (Å²) < 4.78 is 1.20. The first-order valence-electron chi connectivity index (χ1n) is 5.21. The molecule has 16 heavy (non-hydrogen) atoms. The number of rotatable bonds is 2. The van der Waals surface area contributed by atoms with Crippen LogP contribution in [0.1, 0.15) is 32.8 Å². The SMILES string of the molecule is Cc1c(Cl)[nH]c(=O)n(CCC(C)(C)C)c1=O. The van der Waals surface area contributed by atoms with Gasteiger partial charge >= 0.3 is 5.69 Å². The second-order valence-corrected chi connectivity index (χ2v) is 5.51. The van der Waals surface area contributed by atoms with Crippen LogP contribution in [0.4, 0.5) is 0 Å². The van der Waals surface area contributed by atoms with E-state index in [1.165, 1.54) is 4.57 Å². The first-order chi connectivity index (χ1) is 7.22. The normalized spacial score (nSPS) is 11.8. The van der Waals surface area contributed by atoms with Crippen LogP contribution in [0.3, 0.4) is 0 Å². The number of hydrogen-bond donors (Lipinski definition) is 1. The van der Waals surface area contributed by atoms with E-state index in [0.717, 1.165) is 6.42 Å². The third kappa shape index (κ3) is 2.98. The highest BCUT2D eigenvalue weighted by atomic mass is 35.5. The number of aromatic nitrogens is 2. The van der Waals surface area contributed by atoms with E-state index in [0.29, 0.717) is 12.1 Å². The lowest BCUT2D eigenvalue weighted by Crippen LogP contribution is -2.37. The lowest BCUT2D eigenvalue weighted by Gasteiger charge is -2.18. The van der Waals surface area contributed by atoms with Crippen LogP contribution in [0.5, 0.6) is 0 Å². The van der Waals surface area contributed by atoms with E-state index in [2.05, 4.69) is 25.8 Å². The Kier molecular flexibility index (Phi) is 3.63. The molecule has 5 heteroatoms. The number of halogens is 1. The van der Waals surface area contributed by atoms with Crippen molar-refractivity contribution in [2.24, 2.45) is 5.41 Å². The standard InChI is InChI=1S/C11H17ClN2O2/c1-7-8(12)13-10(16)14(9(7)15)6-5-11(2,3)4/h5-6H2,1-4H3,(H,13,16). The highest BCUT2D eigenvalue weighted by Crippen LogP contribution is 2.18. The molecular formula is C11H17ClN2O2. The van der Waals surface area contributed by atoms with Crippen LogP contribution < -0.4 is 11.2 Å². The van der Waals surface area contributed by atoms with Crippen molar-refractivity contribution in [3.05, 3.63) is 31.6 Å². The van der Waals surface area contributed by atoms with Crippen LogP contribution in [0.15, 0.2) is 9.59 Å². The van der Waals surface area contributed by atoms with Gasteiger partial charge in [0.25, 0.3) is 5.56 Å². The van der Waals surface area contributed by atoms with Crippen LogP contribution in [-0.4, -0.2) is 9.55 Å². The van der Waals surface area contributed by atoms with Crippen LogP contribution in [-0.2, 0) is 6.54 Å². The van der Waals surface area contributed by atoms with Crippen molar-refractivity contribution in [3.63, 3.8) is 0 Å². The minimum absolute atomic E-state index is 0.0828. The van der Waals surface area contributed by atoms with E-state index in [1.54, 1.807) is 6.92 Å². The van der Waals surface area contributed by atoms with Crippen molar-refractivity contribution >= 4 is 11.6 Å². The molecular weight excluding hydrogens is 228 g/mol. The molecule has 0 spiro atoms. The molecule has 1 aromatic rings. The molecule has 0 atom stereocenters. The molecule has 0 radical (unpaired) electrons. The third-order valence-electron chi connectivity index (χ3n) is 2.44. The minimum Gasteiger partial charge on any atom is -0.297 e. The molecule has 1 rings (SSSR count). The maximum Gasteiger partial charge on any atom is 0.329 e. The number of hydrogen-bond acceptors (Lipinski definition) is 2. The zero-order valence-electron chi connectivity index (χ0n) is 10.1. The number of H-pyrrole nitrogens is 1. The molecule has 0 aliphatic rings. The summed E-state index contributed by atoms with van der Waals surface area (Å²) in [4.78, 5) is 25.8. The van der Waals surface area contributed by atoms with Gasteiger partial charge in [-0.1, -0.05) is 32.4 Å². The monoisotopic (exact) mass is 244 g/mol. The smallest absolute Gasteiger partial charge is 0.297 e. The molecule has 90 valence electrons. The number of aromatic amines is 1. The summed E-state index contributed by atoms with van der Waals surface area (Å²) in [6.45, 7) is 8.21. The molecule has 1 heterocycles. The van der Waals surface area contributed by atoms with E-state index >= 15 is 0 Å². The average molecular weight is 245 g/mol. The molecule has 1 aromatic heterocycles. The summed E-state index contributed by atoms with van der Waals surface area (Å²) in [5.74, 6) is 0. The Bertz CT molecular complexity index is 494. The van der Waals surface area contributed by atoms with E-state index in [1.807, 2.05) is 0 Å². The van der Waals surface area contributed by atoms with Crippen LogP contribution in [0, 0.1) is 12.3 Å². The van der Waals surface area contributed by atoms with Crippen molar-refractivity contribution in [2.45, 2.75) is 40.7 Å². The van der Waals surface area contributed by atoms with Gasteiger partial charge in [-0.2, -0.15) is 0 Å². The molecule has 0 aromatic carbocycles. The summed E-state index contributed by atoms with van der Waals surface area (Å²) in [6.07, 6.45) is 0.761. The van der Waals surface area contributed by atoms with Gasteiger partial charge in [0.1, 0.15) is 5.15 Å². The summed E-state index contributed by atoms with van der Waals surface area (Å²) >= 11 is 5.71. The lowest BCUT2D eigenvalue weighted by atomic mass is 9.92. The summed E-state index contributed by atoms with van der Waals surface area (Å²) in [7, 11) is 0. The van der Waals surface area contributed by atoms with Crippen LogP contribution >= 0.6 is 11.6 Å².